The molecule has 0 aliphatic carbocycles. The van der Waals surface area contributed by atoms with Gasteiger partial charge in [0.15, 0.2) is 11.5 Å². The molecule has 192 valence electrons. The molecule has 0 aliphatic heterocycles. The number of ether oxygens (including phenoxy) is 2. The molecule has 2 aromatic rings. The number of hydrogen-bond acceptors (Lipinski definition) is 4. The molecule has 0 bridgehead atoms. The van der Waals surface area contributed by atoms with Crippen molar-refractivity contribution in [3.05, 3.63) is 59.2 Å². The van der Waals surface area contributed by atoms with Crippen molar-refractivity contribution in [3.63, 3.8) is 0 Å². The van der Waals surface area contributed by atoms with Gasteiger partial charge in [-0.3, -0.25) is 9.59 Å². The summed E-state index contributed by atoms with van der Waals surface area (Å²) < 4.78 is 11.4. The van der Waals surface area contributed by atoms with Crippen molar-refractivity contribution in [1.82, 2.24) is 10.2 Å². The molecule has 6 nitrogen and oxygen atoms in total. The van der Waals surface area contributed by atoms with Crippen molar-refractivity contribution in [3.8, 4) is 11.5 Å². The van der Waals surface area contributed by atoms with E-state index in [1.807, 2.05) is 84.0 Å². The molecule has 0 saturated heterocycles. The van der Waals surface area contributed by atoms with Crippen LogP contribution in [-0.2, 0) is 22.6 Å². The predicted molar refractivity (Wildman–Crippen MR) is 141 cm³/mol. The maximum Gasteiger partial charge on any atom is 0.243 e. The Morgan fingerprint density at radius 2 is 1.51 bits per heavy atom. The summed E-state index contributed by atoms with van der Waals surface area (Å²) in [6, 6.07) is 13.5. The van der Waals surface area contributed by atoms with Gasteiger partial charge in [-0.25, -0.2) is 0 Å². The topological polar surface area (TPSA) is 67.9 Å². The summed E-state index contributed by atoms with van der Waals surface area (Å²) in [5.74, 6) is 1.26. The summed E-state index contributed by atoms with van der Waals surface area (Å²) in [6.07, 6.45) is 2.25. The zero-order valence-corrected chi connectivity index (χ0v) is 22.2. The van der Waals surface area contributed by atoms with Crippen LogP contribution in [0.4, 0.5) is 0 Å². The molecule has 1 N–H and O–H groups in total. The van der Waals surface area contributed by atoms with Crippen LogP contribution in [0.15, 0.2) is 42.5 Å². The first-order valence-electron chi connectivity index (χ1n) is 12.9. The standard InChI is InChI=1S/C29H42N2O4/c1-7-22(6)30-29(33)25(8-2)31(20-24-13-11-21(5)12-14-24)28(32)18-16-23-15-17-26(34-9-3)27(19-23)35-10-4/h11-15,17,19,22,25H,7-10,16,18,20H2,1-6H3,(H,30,33)/t22-,25-/m0/s1. The molecule has 35 heavy (non-hydrogen) atoms. The number of aryl methyl sites for hydroxylation is 2. The second-order valence-electron chi connectivity index (χ2n) is 8.90. The van der Waals surface area contributed by atoms with E-state index in [4.69, 9.17) is 9.47 Å². The molecule has 6 heteroatoms. The number of carbonyl (C=O) groups excluding carboxylic acids is 2. The first-order chi connectivity index (χ1) is 16.8. The third-order valence-electron chi connectivity index (χ3n) is 6.10. The fraction of sp³-hybridized carbons (Fsp3) is 0.517. The maximum atomic E-state index is 13.5. The number of amides is 2. The van der Waals surface area contributed by atoms with Gasteiger partial charge in [0.1, 0.15) is 6.04 Å². The average molecular weight is 483 g/mol. The van der Waals surface area contributed by atoms with Crippen molar-refractivity contribution in [2.75, 3.05) is 13.2 Å². The number of carbonyl (C=O) groups is 2. The smallest absolute Gasteiger partial charge is 0.243 e. The van der Waals surface area contributed by atoms with Gasteiger partial charge in [0.25, 0.3) is 0 Å². The SMILES string of the molecule is CCOc1ccc(CCC(=O)N(Cc2ccc(C)cc2)[C@@H](CC)C(=O)N[C@@H](C)CC)cc1OCC. The second kappa shape index (κ2) is 14.4. The Morgan fingerprint density at radius 1 is 0.886 bits per heavy atom. The third-order valence-corrected chi connectivity index (χ3v) is 6.10. The van der Waals surface area contributed by atoms with Gasteiger partial charge in [-0.05, 0) is 70.2 Å². The summed E-state index contributed by atoms with van der Waals surface area (Å²) >= 11 is 0. The van der Waals surface area contributed by atoms with E-state index in [0.717, 1.165) is 23.1 Å². The van der Waals surface area contributed by atoms with Gasteiger partial charge >= 0.3 is 0 Å². The van der Waals surface area contributed by atoms with Crippen molar-refractivity contribution in [2.24, 2.45) is 0 Å². The van der Waals surface area contributed by atoms with E-state index in [0.29, 0.717) is 50.5 Å². The van der Waals surface area contributed by atoms with E-state index in [-0.39, 0.29) is 17.9 Å². The molecule has 0 heterocycles. The molecule has 0 aromatic heterocycles. The Balaban J connectivity index is 2.23. The van der Waals surface area contributed by atoms with Gasteiger partial charge < -0.3 is 19.7 Å². The highest BCUT2D eigenvalue weighted by Crippen LogP contribution is 2.29. The summed E-state index contributed by atoms with van der Waals surface area (Å²) in [5.41, 5.74) is 3.17. The van der Waals surface area contributed by atoms with Crippen LogP contribution in [0.1, 0.15) is 70.6 Å². The van der Waals surface area contributed by atoms with Gasteiger partial charge in [0, 0.05) is 19.0 Å². The van der Waals surface area contributed by atoms with Gasteiger partial charge in [-0.1, -0.05) is 49.7 Å². The lowest BCUT2D eigenvalue weighted by Crippen LogP contribution is -2.50. The molecule has 2 rings (SSSR count). The summed E-state index contributed by atoms with van der Waals surface area (Å²) in [7, 11) is 0. The molecule has 2 amide bonds. The van der Waals surface area contributed by atoms with Crippen molar-refractivity contribution in [2.45, 2.75) is 85.9 Å². The number of nitrogens with one attached hydrogen (secondary N) is 1. The van der Waals surface area contributed by atoms with Crippen molar-refractivity contribution in [1.29, 1.82) is 0 Å². The Kier molecular flexibility index (Phi) is 11.6. The van der Waals surface area contributed by atoms with Crippen LogP contribution in [0.2, 0.25) is 0 Å². The fourth-order valence-corrected chi connectivity index (χ4v) is 3.90. The van der Waals surface area contributed by atoms with Crippen LogP contribution in [0.3, 0.4) is 0 Å². The zero-order chi connectivity index (χ0) is 25.8. The molecule has 0 unspecified atom stereocenters. The minimum atomic E-state index is -0.517. The lowest BCUT2D eigenvalue weighted by atomic mass is 10.0. The molecule has 0 spiro atoms. The number of rotatable bonds is 14. The van der Waals surface area contributed by atoms with Crippen LogP contribution in [0.5, 0.6) is 11.5 Å². The highest BCUT2D eigenvalue weighted by molar-refractivity contribution is 5.88. The van der Waals surface area contributed by atoms with Crippen LogP contribution in [0.25, 0.3) is 0 Å². The molecule has 2 atom stereocenters. The molecular weight excluding hydrogens is 440 g/mol. The van der Waals surface area contributed by atoms with Gasteiger partial charge in [-0.15, -0.1) is 0 Å². The van der Waals surface area contributed by atoms with Crippen LogP contribution < -0.4 is 14.8 Å². The predicted octanol–water partition coefficient (Wildman–Crippen LogP) is 5.45. The van der Waals surface area contributed by atoms with E-state index in [1.165, 1.54) is 0 Å². The minimum Gasteiger partial charge on any atom is -0.490 e. The second-order valence-corrected chi connectivity index (χ2v) is 8.90. The van der Waals surface area contributed by atoms with Gasteiger partial charge in [0.2, 0.25) is 11.8 Å². The lowest BCUT2D eigenvalue weighted by Gasteiger charge is -2.31. The monoisotopic (exact) mass is 482 g/mol. The van der Waals surface area contributed by atoms with E-state index in [2.05, 4.69) is 5.32 Å². The summed E-state index contributed by atoms with van der Waals surface area (Å²) in [5, 5.41) is 3.06. The van der Waals surface area contributed by atoms with Crippen molar-refractivity contribution < 1.29 is 19.1 Å². The Morgan fingerprint density at radius 3 is 2.11 bits per heavy atom. The molecule has 0 saturated carbocycles. The largest absolute Gasteiger partial charge is 0.490 e. The molecule has 0 fully saturated rings. The van der Waals surface area contributed by atoms with E-state index >= 15 is 0 Å². The fourth-order valence-electron chi connectivity index (χ4n) is 3.90. The van der Waals surface area contributed by atoms with E-state index in [1.54, 1.807) is 4.90 Å². The Hall–Kier alpha value is -3.02. The zero-order valence-electron chi connectivity index (χ0n) is 22.2. The first-order valence-corrected chi connectivity index (χ1v) is 12.9. The number of benzene rings is 2. The number of nitrogens with zero attached hydrogens (tertiary/aromatic N) is 1. The first kappa shape index (κ1) is 28.2. The Labute approximate surface area is 211 Å². The summed E-state index contributed by atoms with van der Waals surface area (Å²) in [4.78, 5) is 28.3. The van der Waals surface area contributed by atoms with E-state index < -0.39 is 6.04 Å². The normalized spacial score (nSPS) is 12.5. The molecular formula is C29H42N2O4. The molecule has 0 radical (unpaired) electrons. The highest BCUT2D eigenvalue weighted by atomic mass is 16.5. The average Bonchev–Trinajstić information content (AvgIpc) is 2.85. The van der Waals surface area contributed by atoms with E-state index in [9.17, 15) is 9.59 Å². The van der Waals surface area contributed by atoms with Gasteiger partial charge in [-0.2, -0.15) is 0 Å². The van der Waals surface area contributed by atoms with Gasteiger partial charge in [0.05, 0.1) is 13.2 Å². The van der Waals surface area contributed by atoms with Crippen LogP contribution in [-0.4, -0.2) is 42.0 Å². The quantitative estimate of drug-likeness (QED) is 0.389. The lowest BCUT2D eigenvalue weighted by molar-refractivity contribution is -0.141. The molecule has 2 aromatic carbocycles. The molecule has 0 aliphatic rings. The third kappa shape index (κ3) is 8.61. The highest BCUT2D eigenvalue weighted by Gasteiger charge is 2.29. The summed E-state index contributed by atoms with van der Waals surface area (Å²) in [6.45, 7) is 13.4. The number of hydrogen-bond donors (Lipinski definition) is 1. The minimum absolute atomic E-state index is 0.0384. The maximum absolute atomic E-state index is 13.5. The van der Waals surface area contributed by atoms with Crippen LogP contribution in [0, 0.1) is 6.92 Å². The van der Waals surface area contributed by atoms with Crippen molar-refractivity contribution >= 4 is 11.8 Å². The van der Waals surface area contributed by atoms with Crippen LogP contribution >= 0.6 is 0 Å². The Bertz CT molecular complexity index is 942.